The van der Waals surface area contributed by atoms with Crippen LogP contribution >= 0.6 is 11.6 Å². The molecule has 0 aliphatic rings. The predicted octanol–water partition coefficient (Wildman–Crippen LogP) is 1.87. The van der Waals surface area contributed by atoms with Gasteiger partial charge in [-0.15, -0.1) is 0 Å². The molecule has 4 heteroatoms. The van der Waals surface area contributed by atoms with E-state index in [4.69, 9.17) is 17.4 Å². The first-order valence-electron chi connectivity index (χ1n) is 4.03. The molecule has 0 aromatic heterocycles. The Hall–Kier alpha value is -0.640. The van der Waals surface area contributed by atoms with Gasteiger partial charge >= 0.3 is 0 Å². The summed E-state index contributed by atoms with van der Waals surface area (Å²) in [5.41, 5.74) is 3.35. The van der Waals surface area contributed by atoms with Crippen LogP contribution < -0.4 is 11.3 Å². The maximum atomic E-state index is 12.8. The molecule has 0 amide bonds. The number of hydrogen-bond donors (Lipinski definition) is 2. The summed E-state index contributed by atoms with van der Waals surface area (Å²) < 4.78 is 12.8. The third-order valence-corrected chi connectivity index (χ3v) is 2.19. The molecule has 0 radical (unpaired) electrons. The molecule has 0 spiro atoms. The number of benzene rings is 1. The summed E-state index contributed by atoms with van der Waals surface area (Å²) in [6.45, 7) is 1.90. The molecular formula is C9H12ClFN2. The fourth-order valence-electron chi connectivity index (χ4n) is 1.09. The van der Waals surface area contributed by atoms with E-state index in [-0.39, 0.29) is 11.9 Å². The van der Waals surface area contributed by atoms with Gasteiger partial charge in [-0.3, -0.25) is 11.3 Å². The highest BCUT2D eigenvalue weighted by Crippen LogP contribution is 2.18. The normalized spacial score (nSPS) is 12.9. The highest BCUT2D eigenvalue weighted by Gasteiger charge is 2.06. The molecule has 0 heterocycles. The topological polar surface area (TPSA) is 38.0 Å². The minimum atomic E-state index is -0.274. The largest absolute Gasteiger partial charge is 0.271 e. The fraction of sp³-hybridized carbons (Fsp3) is 0.333. The highest BCUT2D eigenvalue weighted by molar-refractivity contribution is 6.31. The highest BCUT2D eigenvalue weighted by atomic mass is 35.5. The standard InChI is InChI=1S/C9H12ClFN2/c1-6(13-12)4-7-5-8(11)2-3-9(7)10/h2-3,5-6,13H,4,12H2,1H3. The van der Waals surface area contributed by atoms with Crippen molar-refractivity contribution >= 4 is 11.6 Å². The Morgan fingerprint density at radius 3 is 2.92 bits per heavy atom. The minimum Gasteiger partial charge on any atom is -0.271 e. The summed E-state index contributed by atoms with van der Waals surface area (Å²) in [6.07, 6.45) is 0.618. The molecule has 0 aliphatic heterocycles. The maximum Gasteiger partial charge on any atom is 0.123 e. The van der Waals surface area contributed by atoms with Crippen molar-refractivity contribution in [1.29, 1.82) is 0 Å². The van der Waals surface area contributed by atoms with Gasteiger partial charge in [-0.1, -0.05) is 11.6 Å². The van der Waals surface area contributed by atoms with Crippen molar-refractivity contribution < 1.29 is 4.39 Å². The zero-order chi connectivity index (χ0) is 9.84. The average molecular weight is 203 g/mol. The van der Waals surface area contributed by atoms with E-state index in [1.54, 1.807) is 6.07 Å². The molecule has 0 bridgehead atoms. The molecule has 1 atom stereocenters. The summed E-state index contributed by atoms with van der Waals surface area (Å²) in [5.74, 6) is 4.95. The van der Waals surface area contributed by atoms with E-state index in [1.165, 1.54) is 12.1 Å². The molecular weight excluding hydrogens is 191 g/mol. The first kappa shape index (κ1) is 10.4. The van der Waals surface area contributed by atoms with Gasteiger partial charge in [0.15, 0.2) is 0 Å². The van der Waals surface area contributed by atoms with E-state index < -0.39 is 0 Å². The van der Waals surface area contributed by atoms with Crippen LogP contribution in [-0.2, 0) is 6.42 Å². The van der Waals surface area contributed by atoms with Gasteiger partial charge in [0.25, 0.3) is 0 Å². The molecule has 0 saturated heterocycles. The zero-order valence-corrected chi connectivity index (χ0v) is 8.11. The first-order chi connectivity index (χ1) is 6.13. The lowest BCUT2D eigenvalue weighted by Crippen LogP contribution is -2.34. The summed E-state index contributed by atoms with van der Waals surface area (Å²) >= 11 is 5.86. The summed E-state index contributed by atoms with van der Waals surface area (Å²) in [5, 5.41) is 0.573. The smallest absolute Gasteiger partial charge is 0.123 e. The second-order valence-electron chi connectivity index (χ2n) is 3.01. The van der Waals surface area contributed by atoms with Gasteiger partial charge in [0.2, 0.25) is 0 Å². The van der Waals surface area contributed by atoms with Crippen LogP contribution in [-0.4, -0.2) is 6.04 Å². The van der Waals surface area contributed by atoms with Gasteiger partial charge in [0.05, 0.1) is 0 Å². The molecule has 0 aliphatic carbocycles. The van der Waals surface area contributed by atoms with Crippen LogP contribution in [0.15, 0.2) is 18.2 Å². The predicted molar refractivity (Wildman–Crippen MR) is 51.9 cm³/mol. The van der Waals surface area contributed by atoms with Gasteiger partial charge in [0, 0.05) is 11.1 Å². The molecule has 1 aromatic rings. The van der Waals surface area contributed by atoms with E-state index in [1.807, 2.05) is 6.92 Å². The number of hydrazine groups is 1. The number of halogens is 2. The summed E-state index contributed by atoms with van der Waals surface area (Å²) in [7, 11) is 0. The average Bonchev–Trinajstić information content (AvgIpc) is 2.11. The lowest BCUT2D eigenvalue weighted by Gasteiger charge is -2.10. The number of nitrogens with one attached hydrogen (secondary N) is 1. The Morgan fingerprint density at radius 2 is 2.31 bits per heavy atom. The molecule has 1 aromatic carbocycles. The van der Waals surface area contributed by atoms with Crippen LogP contribution in [0.25, 0.3) is 0 Å². The SMILES string of the molecule is CC(Cc1cc(F)ccc1Cl)NN. The summed E-state index contributed by atoms with van der Waals surface area (Å²) in [6, 6.07) is 4.40. The molecule has 13 heavy (non-hydrogen) atoms. The quantitative estimate of drug-likeness (QED) is 0.580. The van der Waals surface area contributed by atoms with Gasteiger partial charge in [-0.05, 0) is 37.1 Å². The van der Waals surface area contributed by atoms with E-state index in [0.29, 0.717) is 11.4 Å². The van der Waals surface area contributed by atoms with Gasteiger partial charge in [-0.2, -0.15) is 0 Å². The van der Waals surface area contributed by atoms with Crippen LogP contribution in [0.4, 0.5) is 4.39 Å². The number of nitrogens with two attached hydrogens (primary N) is 1. The molecule has 0 saturated carbocycles. The van der Waals surface area contributed by atoms with Crippen molar-refractivity contribution in [1.82, 2.24) is 5.43 Å². The second kappa shape index (κ2) is 4.56. The number of hydrogen-bond acceptors (Lipinski definition) is 2. The monoisotopic (exact) mass is 202 g/mol. The van der Waals surface area contributed by atoms with Crippen LogP contribution in [0.5, 0.6) is 0 Å². The number of rotatable bonds is 3. The van der Waals surface area contributed by atoms with Crippen LogP contribution in [0, 0.1) is 5.82 Å². The first-order valence-corrected chi connectivity index (χ1v) is 4.41. The molecule has 72 valence electrons. The van der Waals surface area contributed by atoms with Crippen molar-refractivity contribution in [3.8, 4) is 0 Å². The van der Waals surface area contributed by atoms with Gasteiger partial charge in [-0.25, -0.2) is 4.39 Å². The minimum absolute atomic E-state index is 0.0827. The molecule has 0 fully saturated rings. The van der Waals surface area contributed by atoms with Gasteiger partial charge < -0.3 is 0 Å². The van der Waals surface area contributed by atoms with Gasteiger partial charge in [0.1, 0.15) is 5.82 Å². The molecule has 1 rings (SSSR count). The van der Waals surface area contributed by atoms with E-state index in [9.17, 15) is 4.39 Å². The molecule has 3 N–H and O–H groups in total. The molecule has 2 nitrogen and oxygen atoms in total. The summed E-state index contributed by atoms with van der Waals surface area (Å²) in [4.78, 5) is 0. The Balaban J connectivity index is 2.81. The fourth-order valence-corrected chi connectivity index (χ4v) is 1.28. The lowest BCUT2D eigenvalue weighted by atomic mass is 10.1. The maximum absolute atomic E-state index is 12.8. The van der Waals surface area contributed by atoms with Crippen molar-refractivity contribution in [3.05, 3.63) is 34.6 Å². The second-order valence-corrected chi connectivity index (χ2v) is 3.41. The van der Waals surface area contributed by atoms with Crippen LogP contribution in [0.2, 0.25) is 5.02 Å². The van der Waals surface area contributed by atoms with Crippen molar-refractivity contribution in [2.45, 2.75) is 19.4 Å². The van der Waals surface area contributed by atoms with E-state index in [2.05, 4.69) is 5.43 Å². The Labute approximate surface area is 81.9 Å². The Bertz CT molecular complexity index is 291. The van der Waals surface area contributed by atoms with E-state index >= 15 is 0 Å². The van der Waals surface area contributed by atoms with Crippen molar-refractivity contribution in [2.75, 3.05) is 0 Å². The third-order valence-electron chi connectivity index (χ3n) is 1.82. The zero-order valence-electron chi connectivity index (χ0n) is 7.35. The van der Waals surface area contributed by atoms with E-state index in [0.717, 1.165) is 5.56 Å². The van der Waals surface area contributed by atoms with Crippen molar-refractivity contribution in [3.63, 3.8) is 0 Å². The Kier molecular flexibility index (Phi) is 3.66. The lowest BCUT2D eigenvalue weighted by molar-refractivity contribution is 0.563. The molecule has 1 unspecified atom stereocenters. The van der Waals surface area contributed by atoms with Crippen LogP contribution in [0.1, 0.15) is 12.5 Å². The van der Waals surface area contributed by atoms with Crippen LogP contribution in [0.3, 0.4) is 0 Å². The van der Waals surface area contributed by atoms with Crippen molar-refractivity contribution in [2.24, 2.45) is 5.84 Å². The Morgan fingerprint density at radius 1 is 1.62 bits per heavy atom. The third kappa shape index (κ3) is 2.95.